The van der Waals surface area contributed by atoms with Gasteiger partial charge in [-0.15, -0.1) is 0 Å². The highest BCUT2D eigenvalue weighted by atomic mass is 35.5. The maximum absolute atomic E-state index is 12.0. The quantitative estimate of drug-likeness (QED) is 0.502. The summed E-state index contributed by atoms with van der Waals surface area (Å²) in [6, 6.07) is 5.23. The van der Waals surface area contributed by atoms with Gasteiger partial charge in [-0.3, -0.25) is 0 Å². The van der Waals surface area contributed by atoms with E-state index < -0.39 is 5.97 Å². The summed E-state index contributed by atoms with van der Waals surface area (Å²) in [5.74, 6) is 0.337. The standard InChI is InChI=1S/C18H17ClO3/c1-10(2)18(21)22-17-13-6-4-3-5-12(13)16(20)15-9-11(19)7-8-14(15)17/h7-9,20H,1,3-6H2,2H3. The summed E-state index contributed by atoms with van der Waals surface area (Å²) in [5.41, 5.74) is 2.14. The highest BCUT2D eigenvalue weighted by Crippen LogP contribution is 2.44. The number of rotatable bonds is 2. The molecule has 1 N–H and O–H groups in total. The number of carbonyl (C=O) groups is 1. The number of fused-ring (bicyclic) bond motifs is 2. The van der Waals surface area contributed by atoms with E-state index in [0.29, 0.717) is 27.1 Å². The van der Waals surface area contributed by atoms with E-state index in [1.165, 1.54) is 0 Å². The second kappa shape index (κ2) is 5.65. The van der Waals surface area contributed by atoms with Crippen molar-refractivity contribution in [3.05, 3.63) is 46.5 Å². The molecule has 0 heterocycles. The average Bonchev–Trinajstić information content (AvgIpc) is 2.51. The Kier molecular flexibility index (Phi) is 3.83. The number of hydrogen-bond acceptors (Lipinski definition) is 3. The maximum atomic E-state index is 12.0. The predicted molar refractivity (Wildman–Crippen MR) is 87.7 cm³/mol. The van der Waals surface area contributed by atoms with Crippen LogP contribution < -0.4 is 4.74 Å². The summed E-state index contributed by atoms with van der Waals surface area (Å²) in [4.78, 5) is 12.0. The lowest BCUT2D eigenvalue weighted by Crippen LogP contribution is -2.13. The molecule has 0 saturated carbocycles. The molecule has 2 aromatic rings. The molecule has 0 fully saturated rings. The van der Waals surface area contributed by atoms with E-state index in [2.05, 4.69) is 6.58 Å². The van der Waals surface area contributed by atoms with E-state index in [0.717, 1.165) is 36.8 Å². The lowest BCUT2D eigenvalue weighted by atomic mass is 9.87. The van der Waals surface area contributed by atoms with Crippen LogP contribution in [0, 0.1) is 0 Å². The zero-order valence-corrected chi connectivity index (χ0v) is 13.2. The molecule has 4 heteroatoms. The summed E-state index contributed by atoms with van der Waals surface area (Å²) in [7, 11) is 0. The van der Waals surface area contributed by atoms with E-state index in [4.69, 9.17) is 16.3 Å². The number of carbonyl (C=O) groups excluding carboxylic acids is 1. The minimum Gasteiger partial charge on any atom is -0.507 e. The Morgan fingerprint density at radius 3 is 2.59 bits per heavy atom. The van der Waals surface area contributed by atoms with Crippen LogP contribution in [0.1, 0.15) is 30.9 Å². The summed E-state index contributed by atoms with van der Waals surface area (Å²) >= 11 is 6.05. The Morgan fingerprint density at radius 2 is 1.91 bits per heavy atom. The van der Waals surface area contributed by atoms with Crippen molar-refractivity contribution < 1.29 is 14.6 Å². The molecule has 0 atom stereocenters. The number of phenols is 1. The smallest absolute Gasteiger partial charge is 0.338 e. The number of aromatic hydroxyl groups is 1. The van der Waals surface area contributed by atoms with Crippen molar-refractivity contribution >= 4 is 28.3 Å². The van der Waals surface area contributed by atoms with Crippen molar-refractivity contribution in [1.29, 1.82) is 0 Å². The van der Waals surface area contributed by atoms with Gasteiger partial charge < -0.3 is 9.84 Å². The highest BCUT2D eigenvalue weighted by Gasteiger charge is 2.24. The van der Waals surface area contributed by atoms with E-state index in [9.17, 15) is 9.90 Å². The average molecular weight is 317 g/mol. The van der Waals surface area contributed by atoms with Crippen LogP contribution in [-0.2, 0) is 17.6 Å². The first kappa shape index (κ1) is 14.9. The van der Waals surface area contributed by atoms with Crippen molar-refractivity contribution in [1.82, 2.24) is 0 Å². The van der Waals surface area contributed by atoms with Crippen LogP contribution in [0.4, 0.5) is 0 Å². The molecule has 3 nitrogen and oxygen atoms in total. The lowest BCUT2D eigenvalue weighted by molar-refractivity contribution is -0.130. The fourth-order valence-corrected chi connectivity index (χ4v) is 3.12. The molecule has 3 rings (SSSR count). The summed E-state index contributed by atoms with van der Waals surface area (Å²) in [6.45, 7) is 5.25. The number of phenolic OH excluding ortho intramolecular Hbond substituents is 1. The SMILES string of the molecule is C=C(C)C(=O)Oc1c2c(c(O)c3cc(Cl)ccc13)CCCC2. The van der Waals surface area contributed by atoms with Crippen LogP contribution >= 0.6 is 11.6 Å². The molecule has 0 unspecified atom stereocenters. The molecule has 0 aromatic heterocycles. The molecule has 0 amide bonds. The van der Waals surface area contributed by atoms with Gasteiger partial charge in [0, 0.05) is 32.5 Å². The largest absolute Gasteiger partial charge is 0.507 e. The van der Waals surface area contributed by atoms with E-state index in [1.807, 2.05) is 0 Å². The first-order valence-electron chi connectivity index (χ1n) is 7.32. The van der Waals surface area contributed by atoms with Crippen molar-refractivity contribution in [3.8, 4) is 11.5 Å². The fourth-order valence-electron chi connectivity index (χ4n) is 2.95. The number of benzene rings is 2. The predicted octanol–water partition coefficient (Wildman–Crippen LogP) is 4.56. The van der Waals surface area contributed by atoms with E-state index in [1.54, 1.807) is 25.1 Å². The van der Waals surface area contributed by atoms with Crippen LogP contribution in [0.15, 0.2) is 30.4 Å². The van der Waals surface area contributed by atoms with Gasteiger partial charge in [0.25, 0.3) is 0 Å². The van der Waals surface area contributed by atoms with Gasteiger partial charge in [-0.05, 0) is 50.8 Å². The molecule has 0 spiro atoms. The van der Waals surface area contributed by atoms with E-state index in [-0.39, 0.29) is 5.75 Å². The molecule has 22 heavy (non-hydrogen) atoms. The van der Waals surface area contributed by atoms with Crippen LogP contribution in [0.25, 0.3) is 10.8 Å². The number of halogens is 1. The number of ether oxygens (including phenoxy) is 1. The minimum atomic E-state index is -0.449. The van der Waals surface area contributed by atoms with Gasteiger partial charge in [-0.1, -0.05) is 18.2 Å². The lowest BCUT2D eigenvalue weighted by Gasteiger charge is -2.22. The summed E-state index contributed by atoms with van der Waals surface area (Å²) < 4.78 is 5.59. The zero-order chi connectivity index (χ0) is 15.9. The summed E-state index contributed by atoms with van der Waals surface area (Å²) in [5, 5.41) is 12.4. The summed E-state index contributed by atoms with van der Waals surface area (Å²) in [6.07, 6.45) is 3.60. The molecule has 2 aromatic carbocycles. The van der Waals surface area contributed by atoms with Crippen molar-refractivity contribution in [3.63, 3.8) is 0 Å². The molecular formula is C18H17ClO3. The van der Waals surface area contributed by atoms with Crippen LogP contribution in [0.2, 0.25) is 5.02 Å². The minimum absolute atomic E-state index is 0.252. The third-order valence-electron chi connectivity index (χ3n) is 4.05. The number of esters is 1. The molecule has 1 aliphatic rings. The Bertz CT molecular complexity index is 793. The second-order valence-corrected chi connectivity index (χ2v) is 6.14. The van der Waals surface area contributed by atoms with Gasteiger partial charge in [-0.25, -0.2) is 4.79 Å². The Morgan fingerprint density at radius 1 is 1.23 bits per heavy atom. The first-order valence-corrected chi connectivity index (χ1v) is 7.70. The second-order valence-electron chi connectivity index (χ2n) is 5.70. The van der Waals surface area contributed by atoms with Crippen LogP contribution in [0.3, 0.4) is 0 Å². The molecule has 0 bridgehead atoms. The van der Waals surface area contributed by atoms with Gasteiger partial charge in [0.15, 0.2) is 0 Å². The molecular weight excluding hydrogens is 300 g/mol. The van der Waals surface area contributed by atoms with Crippen molar-refractivity contribution in [2.24, 2.45) is 0 Å². The van der Waals surface area contributed by atoms with Gasteiger partial charge in [0.1, 0.15) is 11.5 Å². The molecule has 0 saturated heterocycles. The highest BCUT2D eigenvalue weighted by molar-refractivity contribution is 6.31. The molecule has 1 aliphatic carbocycles. The van der Waals surface area contributed by atoms with Crippen LogP contribution in [-0.4, -0.2) is 11.1 Å². The Hall–Kier alpha value is -2.00. The zero-order valence-electron chi connectivity index (χ0n) is 12.4. The Balaban J connectivity index is 2.29. The van der Waals surface area contributed by atoms with Gasteiger partial charge in [-0.2, -0.15) is 0 Å². The van der Waals surface area contributed by atoms with Gasteiger partial charge in [0.2, 0.25) is 0 Å². The van der Waals surface area contributed by atoms with E-state index >= 15 is 0 Å². The molecule has 0 aliphatic heterocycles. The third-order valence-corrected chi connectivity index (χ3v) is 4.29. The number of hydrogen-bond donors (Lipinski definition) is 1. The molecule has 114 valence electrons. The maximum Gasteiger partial charge on any atom is 0.338 e. The van der Waals surface area contributed by atoms with Crippen LogP contribution in [0.5, 0.6) is 11.5 Å². The third kappa shape index (κ3) is 2.46. The monoisotopic (exact) mass is 316 g/mol. The fraction of sp³-hybridized carbons (Fsp3) is 0.278. The van der Waals surface area contributed by atoms with Gasteiger partial charge >= 0.3 is 5.97 Å². The Labute approximate surface area is 134 Å². The molecule has 0 radical (unpaired) electrons. The first-order chi connectivity index (χ1) is 10.5. The van der Waals surface area contributed by atoms with Gasteiger partial charge in [0.05, 0.1) is 0 Å². The topological polar surface area (TPSA) is 46.5 Å². The van der Waals surface area contributed by atoms with Crippen molar-refractivity contribution in [2.75, 3.05) is 0 Å². The van der Waals surface area contributed by atoms with Crippen molar-refractivity contribution in [2.45, 2.75) is 32.6 Å². The normalized spacial score (nSPS) is 13.7.